The first kappa shape index (κ1) is 28.4. The number of hydrogen-bond acceptors (Lipinski definition) is 3. The zero-order valence-corrected chi connectivity index (χ0v) is 21.0. The number of aromatic nitrogens is 2. The van der Waals surface area contributed by atoms with Crippen molar-refractivity contribution in [3.63, 3.8) is 0 Å². The number of carbonyl (C=O) groups is 1. The molecular weight excluding hydrogens is 384 g/mol. The second-order valence-electron chi connectivity index (χ2n) is 7.11. The van der Waals surface area contributed by atoms with Gasteiger partial charge in [-0.25, -0.2) is 4.98 Å². The Labute approximate surface area is 189 Å². The summed E-state index contributed by atoms with van der Waals surface area (Å²) in [5.74, 6) is 1.03. The van der Waals surface area contributed by atoms with Gasteiger partial charge in [0.15, 0.2) is 0 Å². The molecule has 172 valence electrons. The van der Waals surface area contributed by atoms with Gasteiger partial charge in [-0.1, -0.05) is 65.3 Å². The van der Waals surface area contributed by atoms with Crippen LogP contribution in [0.25, 0.3) is 11.0 Å². The lowest BCUT2D eigenvalue weighted by Crippen LogP contribution is -2.36. The minimum Gasteiger partial charge on any atom is -0.487 e. The molecule has 1 heterocycles. The maximum absolute atomic E-state index is 11.3. The van der Waals surface area contributed by atoms with Gasteiger partial charge in [0.25, 0.3) is 0 Å². The number of aryl methyl sites for hydroxylation is 2. The Bertz CT molecular complexity index is 862. The van der Waals surface area contributed by atoms with E-state index in [-0.39, 0.29) is 11.4 Å². The largest absolute Gasteiger partial charge is 0.487 e. The molecule has 0 atom stereocenters. The number of fused-ring (bicyclic) bond motifs is 1. The molecule has 4 nitrogen and oxygen atoms in total. The minimum atomic E-state index is -0.346. The summed E-state index contributed by atoms with van der Waals surface area (Å²) in [5, 5.41) is 0. The zero-order valence-electron chi connectivity index (χ0n) is 21.0. The lowest BCUT2D eigenvalue weighted by molar-refractivity contribution is -0.121. The highest BCUT2D eigenvalue weighted by atomic mass is 16.5. The maximum Gasteiger partial charge on any atom is 0.133 e. The molecule has 3 rings (SSSR count). The zero-order chi connectivity index (χ0) is 23.9. The molecule has 0 aliphatic rings. The van der Waals surface area contributed by atoms with Crippen LogP contribution in [0, 0.1) is 13.8 Å². The van der Waals surface area contributed by atoms with Gasteiger partial charge < -0.3 is 9.72 Å². The summed E-state index contributed by atoms with van der Waals surface area (Å²) in [5.41, 5.74) is 4.27. The van der Waals surface area contributed by atoms with Crippen molar-refractivity contribution >= 4 is 16.8 Å². The monoisotopic (exact) mass is 426 g/mol. The Balaban J connectivity index is 0.000000542. The molecule has 0 saturated heterocycles. The van der Waals surface area contributed by atoms with E-state index in [0.29, 0.717) is 6.42 Å². The molecule has 0 radical (unpaired) electrons. The van der Waals surface area contributed by atoms with Crippen molar-refractivity contribution in [2.45, 2.75) is 87.2 Å². The van der Waals surface area contributed by atoms with E-state index in [0.717, 1.165) is 29.6 Å². The molecule has 4 heteroatoms. The smallest absolute Gasteiger partial charge is 0.133 e. The molecule has 3 aromatic rings. The summed E-state index contributed by atoms with van der Waals surface area (Å²) in [6.45, 7) is 17.9. The normalized spacial score (nSPS) is 9.97. The van der Waals surface area contributed by atoms with Crippen molar-refractivity contribution in [3.05, 3.63) is 59.9 Å². The van der Waals surface area contributed by atoms with Crippen LogP contribution in [-0.2, 0) is 4.79 Å². The lowest BCUT2D eigenvalue weighted by atomic mass is 9.91. The summed E-state index contributed by atoms with van der Waals surface area (Å²) >= 11 is 0. The van der Waals surface area contributed by atoms with Crippen molar-refractivity contribution in [2.24, 2.45) is 0 Å². The highest BCUT2D eigenvalue weighted by Gasteiger charge is 2.30. The third-order valence-corrected chi connectivity index (χ3v) is 4.79. The third-order valence-electron chi connectivity index (χ3n) is 4.79. The number of hydrogen-bond donors (Lipinski definition) is 1. The van der Waals surface area contributed by atoms with Crippen molar-refractivity contribution in [1.82, 2.24) is 9.97 Å². The molecule has 1 aromatic heterocycles. The summed E-state index contributed by atoms with van der Waals surface area (Å²) in [6.07, 6.45) is 3.88. The van der Waals surface area contributed by atoms with Gasteiger partial charge in [0.1, 0.15) is 17.1 Å². The molecule has 0 spiro atoms. The molecule has 0 amide bonds. The van der Waals surface area contributed by atoms with Gasteiger partial charge in [-0.2, -0.15) is 0 Å². The third kappa shape index (κ3) is 9.82. The van der Waals surface area contributed by atoms with Crippen molar-refractivity contribution < 1.29 is 9.53 Å². The second kappa shape index (κ2) is 15.2. The van der Waals surface area contributed by atoms with E-state index in [1.54, 1.807) is 13.3 Å². The number of ether oxygens (including phenoxy) is 1. The molecular formula is C27H42N2O2. The summed E-state index contributed by atoms with van der Waals surface area (Å²) in [6, 6.07) is 14.1. The SMILES string of the molecule is CC.CC.CCC(CC)(CC(C)=O)Oc1ccc(C)cc1.Cc1ccc2nc[nH]c2c1. The van der Waals surface area contributed by atoms with Gasteiger partial charge in [-0.3, -0.25) is 4.79 Å². The standard InChI is InChI=1S/C15H22O2.C8H8N2.2C2H6/c1-5-15(6-2,11-13(4)16)17-14-9-7-12(3)8-10-14;1-6-2-3-7-8(4-6)10-5-9-7;2*1-2/h7-10H,5-6,11H2,1-4H3;2-5H,1H3,(H,9,10);2*1-2H3. The number of imidazole rings is 1. The Kier molecular flexibility index (Phi) is 13.9. The van der Waals surface area contributed by atoms with Gasteiger partial charge in [0, 0.05) is 6.42 Å². The van der Waals surface area contributed by atoms with Crippen molar-refractivity contribution in [1.29, 1.82) is 0 Å². The Morgan fingerprint density at radius 2 is 1.48 bits per heavy atom. The van der Waals surface area contributed by atoms with Crippen LogP contribution in [-0.4, -0.2) is 21.4 Å². The van der Waals surface area contributed by atoms with E-state index in [1.165, 1.54) is 11.1 Å². The molecule has 31 heavy (non-hydrogen) atoms. The summed E-state index contributed by atoms with van der Waals surface area (Å²) < 4.78 is 6.05. The quantitative estimate of drug-likeness (QED) is 0.437. The summed E-state index contributed by atoms with van der Waals surface area (Å²) in [4.78, 5) is 18.5. The average Bonchev–Trinajstić information content (AvgIpc) is 3.25. The van der Waals surface area contributed by atoms with Gasteiger partial charge in [-0.05, 0) is 63.4 Å². The van der Waals surface area contributed by atoms with E-state index in [1.807, 2.05) is 65.0 Å². The van der Waals surface area contributed by atoms with Gasteiger partial charge in [0.05, 0.1) is 17.4 Å². The Morgan fingerprint density at radius 1 is 0.935 bits per heavy atom. The highest BCUT2D eigenvalue weighted by molar-refractivity contribution is 5.76. The number of ketones is 1. The number of H-pyrrole nitrogens is 1. The molecule has 0 aliphatic carbocycles. The lowest BCUT2D eigenvalue weighted by Gasteiger charge is -2.32. The fraction of sp³-hybridized carbons (Fsp3) is 0.481. The minimum absolute atomic E-state index is 0.181. The van der Waals surface area contributed by atoms with Crippen molar-refractivity contribution in [3.8, 4) is 5.75 Å². The van der Waals surface area contributed by atoms with E-state index in [2.05, 4.69) is 42.9 Å². The van der Waals surface area contributed by atoms with Crippen LogP contribution in [0.1, 0.15) is 78.9 Å². The number of Topliss-reactive ketones (excluding diaryl/α,β-unsaturated/α-hetero) is 1. The molecule has 0 saturated carbocycles. The fourth-order valence-corrected chi connectivity index (χ4v) is 3.04. The Hall–Kier alpha value is -2.62. The highest BCUT2D eigenvalue weighted by Crippen LogP contribution is 2.28. The predicted molar refractivity (Wildman–Crippen MR) is 134 cm³/mol. The van der Waals surface area contributed by atoms with Gasteiger partial charge in [0.2, 0.25) is 0 Å². The molecule has 1 N–H and O–H groups in total. The molecule has 0 bridgehead atoms. The first-order valence-corrected chi connectivity index (χ1v) is 11.5. The van der Waals surface area contributed by atoms with Crippen LogP contribution in [0.3, 0.4) is 0 Å². The first-order chi connectivity index (χ1) is 14.9. The van der Waals surface area contributed by atoms with Crippen LogP contribution in [0.15, 0.2) is 48.8 Å². The van der Waals surface area contributed by atoms with E-state index in [9.17, 15) is 4.79 Å². The predicted octanol–water partition coefficient (Wildman–Crippen LogP) is 7.84. The van der Waals surface area contributed by atoms with Crippen LogP contribution < -0.4 is 4.74 Å². The first-order valence-electron chi connectivity index (χ1n) is 11.5. The van der Waals surface area contributed by atoms with Crippen LogP contribution in [0.2, 0.25) is 0 Å². The van der Waals surface area contributed by atoms with E-state index in [4.69, 9.17) is 4.74 Å². The number of carbonyl (C=O) groups excluding carboxylic acids is 1. The van der Waals surface area contributed by atoms with E-state index >= 15 is 0 Å². The van der Waals surface area contributed by atoms with Gasteiger partial charge in [-0.15, -0.1) is 0 Å². The van der Waals surface area contributed by atoms with Crippen LogP contribution in [0.5, 0.6) is 5.75 Å². The molecule has 0 aliphatic heterocycles. The molecule has 2 aromatic carbocycles. The number of benzene rings is 2. The second-order valence-corrected chi connectivity index (χ2v) is 7.11. The van der Waals surface area contributed by atoms with Crippen LogP contribution >= 0.6 is 0 Å². The maximum atomic E-state index is 11.3. The summed E-state index contributed by atoms with van der Waals surface area (Å²) in [7, 11) is 0. The number of rotatable bonds is 6. The Morgan fingerprint density at radius 3 is 2.00 bits per heavy atom. The van der Waals surface area contributed by atoms with Crippen molar-refractivity contribution in [2.75, 3.05) is 0 Å². The molecule has 0 fully saturated rings. The number of nitrogens with zero attached hydrogens (tertiary/aromatic N) is 1. The van der Waals surface area contributed by atoms with Gasteiger partial charge >= 0.3 is 0 Å². The average molecular weight is 427 g/mol. The number of aromatic amines is 1. The van der Waals surface area contributed by atoms with E-state index < -0.39 is 0 Å². The topological polar surface area (TPSA) is 55.0 Å². The fourth-order valence-electron chi connectivity index (χ4n) is 3.04. The number of nitrogens with one attached hydrogen (secondary N) is 1. The van der Waals surface area contributed by atoms with Crippen LogP contribution in [0.4, 0.5) is 0 Å². The molecule has 0 unspecified atom stereocenters.